The van der Waals surface area contributed by atoms with Gasteiger partial charge in [0.25, 0.3) is 0 Å². The zero-order chi connectivity index (χ0) is 11.4. The van der Waals surface area contributed by atoms with Gasteiger partial charge in [0, 0.05) is 19.5 Å². The summed E-state index contributed by atoms with van der Waals surface area (Å²) in [6, 6.07) is 3.71. The second-order valence-electron chi connectivity index (χ2n) is 4.15. The van der Waals surface area contributed by atoms with Crippen LogP contribution >= 0.6 is 0 Å². The number of nitrogens with zero attached hydrogens (tertiary/aromatic N) is 1. The van der Waals surface area contributed by atoms with Gasteiger partial charge in [0.15, 0.2) is 0 Å². The normalized spacial score (nSPS) is 24.5. The molecule has 1 aliphatic heterocycles. The number of hydrogen-bond acceptors (Lipinski definition) is 4. The largest absolute Gasteiger partial charge is 0.469 e. The Balaban J connectivity index is 1.86. The van der Waals surface area contributed by atoms with Crippen molar-refractivity contribution < 1.29 is 14.3 Å². The lowest BCUT2D eigenvalue weighted by Gasteiger charge is -2.34. The predicted octanol–water partition coefficient (Wildman–Crippen LogP) is 0.904. The van der Waals surface area contributed by atoms with Crippen LogP contribution < -0.4 is 0 Å². The lowest BCUT2D eigenvalue weighted by atomic mass is 10.1. The maximum Gasteiger partial charge on any atom is 0.106 e. The molecule has 2 atom stereocenters. The van der Waals surface area contributed by atoms with Crippen molar-refractivity contribution in [3.63, 3.8) is 0 Å². The van der Waals surface area contributed by atoms with Crippen LogP contribution in [0.5, 0.6) is 0 Å². The number of hydrogen-bond donors (Lipinski definition) is 1. The molecule has 1 saturated heterocycles. The number of likely N-dealkylation sites (N-methyl/N-ethyl adjacent to an activating group) is 1. The Morgan fingerprint density at radius 2 is 2.50 bits per heavy atom. The molecule has 0 aromatic carbocycles. The van der Waals surface area contributed by atoms with E-state index < -0.39 is 6.10 Å². The molecule has 1 aromatic rings. The maximum absolute atomic E-state index is 10.0. The minimum atomic E-state index is -0.486. The molecule has 16 heavy (non-hydrogen) atoms. The van der Waals surface area contributed by atoms with Crippen molar-refractivity contribution in [3.8, 4) is 0 Å². The fourth-order valence-corrected chi connectivity index (χ4v) is 2.02. The number of ether oxygens (including phenoxy) is 1. The molecule has 0 bridgehead atoms. The molecule has 0 spiro atoms. The molecule has 1 aromatic heterocycles. The topological polar surface area (TPSA) is 45.8 Å². The highest BCUT2D eigenvalue weighted by Gasteiger charge is 2.26. The van der Waals surface area contributed by atoms with E-state index in [9.17, 15) is 5.11 Å². The van der Waals surface area contributed by atoms with Crippen LogP contribution in [0.1, 0.15) is 12.7 Å². The molecule has 4 nitrogen and oxygen atoms in total. The van der Waals surface area contributed by atoms with Crippen molar-refractivity contribution in [1.29, 1.82) is 0 Å². The summed E-state index contributed by atoms with van der Waals surface area (Å²) in [4.78, 5) is 2.29. The molecule has 0 saturated carbocycles. The fourth-order valence-electron chi connectivity index (χ4n) is 2.02. The van der Waals surface area contributed by atoms with Crippen LogP contribution in [0.3, 0.4) is 0 Å². The van der Waals surface area contributed by atoms with Crippen molar-refractivity contribution >= 4 is 0 Å². The molecule has 2 heterocycles. The lowest BCUT2D eigenvalue weighted by molar-refractivity contribution is -0.0878. The van der Waals surface area contributed by atoms with Gasteiger partial charge in [-0.2, -0.15) is 0 Å². The summed E-state index contributed by atoms with van der Waals surface area (Å²) in [7, 11) is 0. The lowest BCUT2D eigenvalue weighted by Crippen LogP contribution is -2.48. The molecule has 1 fully saturated rings. The van der Waals surface area contributed by atoms with Gasteiger partial charge in [-0.05, 0) is 18.7 Å². The number of rotatable bonds is 4. The first-order valence-electron chi connectivity index (χ1n) is 5.84. The van der Waals surface area contributed by atoms with Crippen molar-refractivity contribution in [2.24, 2.45) is 0 Å². The Morgan fingerprint density at radius 3 is 3.19 bits per heavy atom. The maximum atomic E-state index is 10.0. The summed E-state index contributed by atoms with van der Waals surface area (Å²) in [6.07, 6.45) is 1.57. The Bertz CT molecular complexity index is 299. The van der Waals surface area contributed by atoms with E-state index in [1.54, 1.807) is 6.26 Å². The molecule has 0 amide bonds. The van der Waals surface area contributed by atoms with Crippen molar-refractivity contribution in [1.82, 2.24) is 4.90 Å². The average Bonchev–Trinajstić information content (AvgIpc) is 2.82. The summed E-state index contributed by atoms with van der Waals surface area (Å²) < 4.78 is 10.8. The van der Waals surface area contributed by atoms with E-state index >= 15 is 0 Å². The second-order valence-corrected chi connectivity index (χ2v) is 4.15. The molecular weight excluding hydrogens is 206 g/mol. The van der Waals surface area contributed by atoms with Gasteiger partial charge in [0.2, 0.25) is 0 Å². The van der Waals surface area contributed by atoms with E-state index in [1.807, 2.05) is 12.1 Å². The molecule has 2 unspecified atom stereocenters. The zero-order valence-corrected chi connectivity index (χ0v) is 9.63. The van der Waals surface area contributed by atoms with Crippen LogP contribution in [0.25, 0.3) is 0 Å². The van der Waals surface area contributed by atoms with Gasteiger partial charge >= 0.3 is 0 Å². The molecule has 2 rings (SSSR count). The van der Waals surface area contributed by atoms with Crippen LogP contribution in [0.2, 0.25) is 0 Å². The monoisotopic (exact) mass is 225 g/mol. The van der Waals surface area contributed by atoms with Crippen LogP contribution in [0, 0.1) is 0 Å². The average molecular weight is 225 g/mol. The Hall–Kier alpha value is -0.840. The minimum Gasteiger partial charge on any atom is -0.469 e. The minimum absolute atomic E-state index is 0.0983. The van der Waals surface area contributed by atoms with E-state index in [-0.39, 0.29) is 6.10 Å². The first kappa shape index (κ1) is 11.6. The number of aliphatic hydroxyl groups excluding tert-OH is 1. The molecule has 0 aliphatic carbocycles. The molecular formula is C12H19NO3. The predicted molar refractivity (Wildman–Crippen MR) is 60.3 cm³/mol. The van der Waals surface area contributed by atoms with Crippen molar-refractivity contribution in [2.75, 3.05) is 26.2 Å². The summed E-state index contributed by atoms with van der Waals surface area (Å²) >= 11 is 0. The Kier molecular flexibility index (Phi) is 3.98. The quantitative estimate of drug-likeness (QED) is 0.827. The molecule has 4 heteroatoms. The van der Waals surface area contributed by atoms with Gasteiger partial charge in [0.1, 0.15) is 5.76 Å². The Labute approximate surface area is 95.8 Å². The second kappa shape index (κ2) is 5.48. The fraction of sp³-hybridized carbons (Fsp3) is 0.667. The van der Waals surface area contributed by atoms with Crippen molar-refractivity contribution in [2.45, 2.75) is 25.6 Å². The number of morpholine rings is 1. The third kappa shape index (κ3) is 2.84. The molecule has 90 valence electrons. The van der Waals surface area contributed by atoms with Crippen LogP contribution in [0.4, 0.5) is 0 Å². The van der Waals surface area contributed by atoms with Crippen LogP contribution in [0.15, 0.2) is 22.8 Å². The SMILES string of the molecule is CCN1CCOC(C(O)Cc2ccco2)C1. The van der Waals surface area contributed by atoms with Gasteiger partial charge in [-0.1, -0.05) is 6.92 Å². The van der Waals surface area contributed by atoms with E-state index in [4.69, 9.17) is 9.15 Å². The van der Waals surface area contributed by atoms with Crippen LogP contribution in [-0.2, 0) is 11.2 Å². The highest BCUT2D eigenvalue weighted by Crippen LogP contribution is 2.13. The molecule has 0 radical (unpaired) electrons. The van der Waals surface area contributed by atoms with Gasteiger partial charge in [0.05, 0.1) is 25.1 Å². The van der Waals surface area contributed by atoms with E-state index in [0.717, 1.165) is 25.4 Å². The van der Waals surface area contributed by atoms with Gasteiger partial charge in [-0.25, -0.2) is 0 Å². The smallest absolute Gasteiger partial charge is 0.106 e. The summed E-state index contributed by atoms with van der Waals surface area (Å²) in [6.45, 7) is 5.60. The highest BCUT2D eigenvalue weighted by atomic mass is 16.5. The van der Waals surface area contributed by atoms with Gasteiger partial charge < -0.3 is 14.3 Å². The van der Waals surface area contributed by atoms with E-state index in [0.29, 0.717) is 13.0 Å². The summed E-state index contributed by atoms with van der Waals surface area (Å²) in [5.41, 5.74) is 0. The van der Waals surface area contributed by atoms with Gasteiger partial charge in [-0.3, -0.25) is 4.90 Å². The Morgan fingerprint density at radius 1 is 1.62 bits per heavy atom. The first-order chi connectivity index (χ1) is 7.79. The highest BCUT2D eigenvalue weighted by molar-refractivity contribution is 5.00. The molecule has 1 N–H and O–H groups in total. The third-order valence-corrected chi connectivity index (χ3v) is 3.04. The third-order valence-electron chi connectivity index (χ3n) is 3.04. The molecule has 1 aliphatic rings. The van der Waals surface area contributed by atoms with Crippen molar-refractivity contribution in [3.05, 3.63) is 24.2 Å². The standard InChI is InChI=1S/C12H19NO3/c1-2-13-5-7-16-12(9-13)11(14)8-10-4-3-6-15-10/h3-4,6,11-12,14H,2,5,7-9H2,1H3. The van der Waals surface area contributed by atoms with E-state index in [2.05, 4.69) is 11.8 Å². The first-order valence-corrected chi connectivity index (χ1v) is 5.84. The number of aliphatic hydroxyl groups is 1. The summed E-state index contributed by atoms with van der Waals surface area (Å²) in [5.74, 6) is 0.810. The van der Waals surface area contributed by atoms with Crippen LogP contribution in [-0.4, -0.2) is 48.5 Å². The zero-order valence-electron chi connectivity index (χ0n) is 9.63. The summed E-state index contributed by atoms with van der Waals surface area (Å²) in [5, 5.41) is 10.0. The number of furan rings is 1. The van der Waals surface area contributed by atoms with Gasteiger partial charge in [-0.15, -0.1) is 0 Å². The van der Waals surface area contributed by atoms with E-state index in [1.165, 1.54) is 0 Å².